The Balaban J connectivity index is 1.34. The normalized spacial score (nSPS) is 14.5. The molecule has 1 fully saturated rings. The van der Waals surface area contributed by atoms with E-state index >= 15 is 0 Å². The summed E-state index contributed by atoms with van der Waals surface area (Å²) in [4.78, 5) is 34.8. The molecule has 0 aliphatic carbocycles. The molecule has 0 N–H and O–H groups in total. The fourth-order valence-electron chi connectivity index (χ4n) is 5.70. The Labute approximate surface area is 253 Å². The van der Waals surface area contributed by atoms with Gasteiger partial charge in [0, 0.05) is 30.3 Å². The number of ether oxygens (including phenoxy) is 3. The van der Waals surface area contributed by atoms with E-state index in [9.17, 15) is 18.4 Å². The summed E-state index contributed by atoms with van der Waals surface area (Å²) in [7, 11) is 3.11. The lowest BCUT2D eigenvalue weighted by Gasteiger charge is -2.26. The van der Waals surface area contributed by atoms with Crippen molar-refractivity contribution in [3.63, 3.8) is 0 Å². The average molecular weight is 600 g/mol. The minimum absolute atomic E-state index is 0.0678. The van der Waals surface area contributed by atoms with Gasteiger partial charge in [0.1, 0.15) is 23.1 Å². The monoisotopic (exact) mass is 599 g/mol. The third-order valence-corrected chi connectivity index (χ3v) is 7.99. The van der Waals surface area contributed by atoms with Crippen LogP contribution >= 0.6 is 0 Å². The van der Waals surface area contributed by atoms with E-state index in [-0.39, 0.29) is 36.2 Å². The van der Waals surface area contributed by atoms with Crippen LogP contribution in [0.15, 0.2) is 66.7 Å². The molecular weight excluding hydrogens is 568 g/mol. The summed E-state index contributed by atoms with van der Waals surface area (Å²) in [6, 6.07) is 17.8. The lowest BCUT2D eigenvalue weighted by atomic mass is 9.96. The van der Waals surface area contributed by atoms with Gasteiger partial charge in [0.05, 0.1) is 63.0 Å². The molecule has 10 heteroatoms. The second-order valence-electron chi connectivity index (χ2n) is 10.7. The molecule has 44 heavy (non-hydrogen) atoms. The standard InChI is InChI=1S/C34H31F2N3O5/c1-42-25-11-10-23(30(18-25)43-2)19-39-20-29-31(34(39)41)24(17-28(37-29)32-26(35)4-3-5-27(32)36)16-21-6-8-22(9-7-21)33(40)38-12-14-44-15-13-38/h3-11,17-18H,12-16,19-20H2,1-2H3. The van der Waals surface area contributed by atoms with Gasteiger partial charge in [-0.1, -0.05) is 18.2 Å². The molecule has 226 valence electrons. The Hall–Kier alpha value is -4.83. The van der Waals surface area contributed by atoms with Gasteiger partial charge < -0.3 is 24.0 Å². The lowest BCUT2D eigenvalue weighted by molar-refractivity contribution is 0.0303. The number of halogens is 2. The maximum absolute atomic E-state index is 14.9. The molecular formula is C34H31F2N3O5. The van der Waals surface area contributed by atoms with Crippen LogP contribution in [0, 0.1) is 11.6 Å². The number of carbonyl (C=O) groups excluding carboxylic acids is 2. The zero-order valence-electron chi connectivity index (χ0n) is 24.4. The highest BCUT2D eigenvalue weighted by molar-refractivity contribution is 6.00. The van der Waals surface area contributed by atoms with Crippen molar-refractivity contribution in [1.29, 1.82) is 0 Å². The highest BCUT2D eigenvalue weighted by atomic mass is 19.1. The Kier molecular flexibility index (Phi) is 8.25. The number of amides is 2. The van der Waals surface area contributed by atoms with E-state index < -0.39 is 11.6 Å². The molecule has 0 atom stereocenters. The first-order valence-electron chi connectivity index (χ1n) is 14.3. The van der Waals surface area contributed by atoms with E-state index in [1.165, 1.54) is 18.2 Å². The van der Waals surface area contributed by atoms with Gasteiger partial charge in [0.2, 0.25) is 0 Å². The number of carbonyl (C=O) groups is 2. The van der Waals surface area contributed by atoms with Crippen LogP contribution in [-0.2, 0) is 24.2 Å². The van der Waals surface area contributed by atoms with Crippen molar-refractivity contribution in [3.05, 3.63) is 112 Å². The van der Waals surface area contributed by atoms with E-state index in [0.29, 0.717) is 66.6 Å². The summed E-state index contributed by atoms with van der Waals surface area (Å²) in [5, 5.41) is 0. The number of aromatic nitrogens is 1. The first-order chi connectivity index (χ1) is 21.4. The quantitative estimate of drug-likeness (QED) is 0.275. The van der Waals surface area contributed by atoms with E-state index in [4.69, 9.17) is 14.2 Å². The molecule has 2 amide bonds. The molecule has 3 aromatic carbocycles. The third kappa shape index (κ3) is 5.72. The number of nitrogens with zero attached hydrogens (tertiary/aromatic N) is 3. The van der Waals surface area contributed by atoms with Crippen LogP contribution in [0.1, 0.15) is 43.1 Å². The second kappa shape index (κ2) is 12.4. The van der Waals surface area contributed by atoms with Crippen molar-refractivity contribution < 1.29 is 32.6 Å². The number of pyridine rings is 1. The predicted molar refractivity (Wildman–Crippen MR) is 159 cm³/mol. The first-order valence-corrected chi connectivity index (χ1v) is 14.3. The van der Waals surface area contributed by atoms with Crippen LogP contribution in [0.2, 0.25) is 0 Å². The molecule has 0 bridgehead atoms. The Morgan fingerprint density at radius 1 is 0.909 bits per heavy atom. The van der Waals surface area contributed by atoms with Crippen molar-refractivity contribution in [1.82, 2.24) is 14.8 Å². The Morgan fingerprint density at radius 3 is 2.32 bits per heavy atom. The number of hydrogen-bond donors (Lipinski definition) is 0. The van der Waals surface area contributed by atoms with Crippen molar-refractivity contribution in [2.24, 2.45) is 0 Å². The number of rotatable bonds is 8. The molecule has 0 unspecified atom stereocenters. The van der Waals surface area contributed by atoms with E-state index in [0.717, 1.165) is 11.1 Å². The van der Waals surface area contributed by atoms with E-state index in [1.807, 2.05) is 18.2 Å². The van der Waals surface area contributed by atoms with Crippen LogP contribution in [0.4, 0.5) is 8.78 Å². The van der Waals surface area contributed by atoms with E-state index in [1.54, 1.807) is 54.4 Å². The summed E-state index contributed by atoms with van der Waals surface area (Å²) < 4.78 is 45.9. The van der Waals surface area contributed by atoms with Crippen molar-refractivity contribution in [2.75, 3.05) is 40.5 Å². The smallest absolute Gasteiger partial charge is 0.256 e. The van der Waals surface area contributed by atoms with Crippen LogP contribution in [0.3, 0.4) is 0 Å². The third-order valence-electron chi connectivity index (χ3n) is 7.99. The van der Waals surface area contributed by atoms with Gasteiger partial charge >= 0.3 is 0 Å². The minimum atomic E-state index is -0.737. The molecule has 1 saturated heterocycles. The molecule has 6 rings (SSSR count). The predicted octanol–water partition coefficient (Wildman–Crippen LogP) is 5.26. The Morgan fingerprint density at radius 2 is 1.64 bits per heavy atom. The van der Waals surface area contributed by atoms with Gasteiger partial charge in [-0.05, 0) is 60.0 Å². The maximum Gasteiger partial charge on any atom is 0.256 e. The molecule has 2 aliphatic rings. The van der Waals surface area contributed by atoms with Gasteiger partial charge in [-0.3, -0.25) is 9.59 Å². The largest absolute Gasteiger partial charge is 0.497 e. The molecule has 0 spiro atoms. The number of methoxy groups -OCH3 is 2. The fraction of sp³-hybridized carbons (Fsp3) is 0.265. The Bertz CT molecular complexity index is 1700. The SMILES string of the molecule is COc1ccc(CN2Cc3nc(-c4c(F)cccc4F)cc(Cc4ccc(C(=O)N5CCOCC5)cc4)c3C2=O)c(OC)c1. The van der Waals surface area contributed by atoms with Crippen molar-refractivity contribution in [2.45, 2.75) is 19.5 Å². The molecule has 0 radical (unpaired) electrons. The summed E-state index contributed by atoms with van der Waals surface area (Å²) >= 11 is 0. The molecule has 8 nitrogen and oxygen atoms in total. The number of benzene rings is 3. The summed E-state index contributed by atoms with van der Waals surface area (Å²) in [6.45, 7) is 2.51. The molecule has 0 saturated carbocycles. The number of morpholine rings is 1. The highest BCUT2D eigenvalue weighted by Crippen LogP contribution is 2.35. The average Bonchev–Trinajstić information content (AvgIpc) is 3.36. The van der Waals surface area contributed by atoms with Crippen LogP contribution in [-0.4, -0.2) is 67.1 Å². The van der Waals surface area contributed by atoms with Gasteiger partial charge in [0.25, 0.3) is 11.8 Å². The molecule has 3 heterocycles. The maximum atomic E-state index is 14.9. The van der Waals surface area contributed by atoms with Crippen LogP contribution < -0.4 is 9.47 Å². The topological polar surface area (TPSA) is 81.2 Å². The molecule has 2 aliphatic heterocycles. The summed E-state index contributed by atoms with van der Waals surface area (Å²) in [5.41, 5.74) is 3.48. The zero-order chi connectivity index (χ0) is 30.8. The van der Waals surface area contributed by atoms with Crippen molar-refractivity contribution >= 4 is 11.8 Å². The van der Waals surface area contributed by atoms with Crippen LogP contribution in [0.25, 0.3) is 11.3 Å². The second-order valence-corrected chi connectivity index (χ2v) is 10.7. The number of fused-ring (bicyclic) bond motifs is 1. The zero-order valence-corrected chi connectivity index (χ0v) is 24.4. The number of hydrogen-bond acceptors (Lipinski definition) is 6. The van der Waals surface area contributed by atoms with Crippen molar-refractivity contribution in [3.8, 4) is 22.8 Å². The summed E-state index contributed by atoms with van der Waals surface area (Å²) in [6.07, 6.45) is 0.297. The molecule has 1 aromatic heterocycles. The van der Waals surface area contributed by atoms with Gasteiger partial charge in [-0.2, -0.15) is 0 Å². The molecule has 4 aromatic rings. The lowest BCUT2D eigenvalue weighted by Crippen LogP contribution is -2.40. The van der Waals surface area contributed by atoms with Gasteiger partial charge in [0.15, 0.2) is 0 Å². The first kappa shape index (κ1) is 29.3. The van der Waals surface area contributed by atoms with Crippen LogP contribution in [0.5, 0.6) is 11.5 Å². The highest BCUT2D eigenvalue weighted by Gasteiger charge is 2.33. The van der Waals surface area contributed by atoms with Gasteiger partial charge in [-0.15, -0.1) is 0 Å². The minimum Gasteiger partial charge on any atom is -0.497 e. The summed E-state index contributed by atoms with van der Waals surface area (Å²) in [5.74, 6) is -0.583. The van der Waals surface area contributed by atoms with Gasteiger partial charge in [-0.25, -0.2) is 13.8 Å². The fourth-order valence-corrected chi connectivity index (χ4v) is 5.70. The van der Waals surface area contributed by atoms with E-state index in [2.05, 4.69) is 4.98 Å².